The second-order valence-electron chi connectivity index (χ2n) is 12.9. The average Bonchev–Trinajstić information content (AvgIpc) is 3.38. The maximum absolute atomic E-state index is 14.8. The molecule has 17 heteroatoms. The molecule has 4 aliphatic rings. The molecule has 1 unspecified atom stereocenters. The summed E-state index contributed by atoms with van der Waals surface area (Å²) in [7, 11) is 0. The number of hydrogen-bond acceptors (Lipinski definition) is 8. The van der Waals surface area contributed by atoms with E-state index in [2.05, 4.69) is 25.8 Å². The van der Waals surface area contributed by atoms with E-state index in [4.69, 9.17) is 10.1 Å². The predicted octanol–water partition coefficient (Wildman–Crippen LogP) is 4.90. The predicted molar refractivity (Wildman–Crippen MR) is 154 cm³/mol. The second kappa shape index (κ2) is 12.2. The van der Waals surface area contributed by atoms with Gasteiger partial charge in [0.1, 0.15) is 18.5 Å². The van der Waals surface area contributed by atoms with E-state index in [0.717, 1.165) is 0 Å². The van der Waals surface area contributed by atoms with Crippen LogP contribution in [-0.4, -0.2) is 91.9 Å². The van der Waals surface area contributed by atoms with Crippen molar-refractivity contribution in [1.82, 2.24) is 20.2 Å². The molecule has 0 aromatic carbocycles. The van der Waals surface area contributed by atoms with E-state index < -0.39 is 104 Å². The molecule has 254 valence electrons. The van der Waals surface area contributed by atoms with Gasteiger partial charge in [-0.05, 0) is 45.1 Å². The lowest BCUT2D eigenvalue weighted by atomic mass is 9.81. The number of piperidine rings is 1. The van der Waals surface area contributed by atoms with Crippen LogP contribution in [0, 0.1) is 11.3 Å². The number of ether oxygens (including phenoxy) is 1. The molecule has 1 aromatic heterocycles. The molecule has 4 heterocycles. The van der Waals surface area contributed by atoms with Crippen molar-refractivity contribution in [3.05, 3.63) is 17.6 Å². The molecule has 1 saturated carbocycles. The van der Waals surface area contributed by atoms with Crippen LogP contribution in [-0.2, 0) is 14.3 Å². The summed E-state index contributed by atoms with van der Waals surface area (Å²) < 4.78 is 90.1. The number of amides is 2. The second-order valence-corrected chi connectivity index (χ2v) is 12.9. The average molecular weight is 662 g/mol. The summed E-state index contributed by atoms with van der Waals surface area (Å²) in [6.07, 6.45) is -0.953. The molecule has 0 spiro atoms. The normalized spacial score (nSPS) is 29.7. The third kappa shape index (κ3) is 7.03. The van der Waals surface area contributed by atoms with Gasteiger partial charge in [0.25, 0.3) is 23.7 Å². The number of nitrogens with one attached hydrogen (secondary N) is 4. The van der Waals surface area contributed by atoms with Crippen molar-refractivity contribution in [2.75, 3.05) is 18.5 Å². The maximum Gasteiger partial charge on any atom is 0.275 e. The largest absolute Gasteiger partial charge is 0.410 e. The number of fused-ring (bicyclic) bond motifs is 1. The number of oxime groups is 1. The van der Waals surface area contributed by atoms with E-state index in [0.29, 0.717) is 5.69 Å². The van der Waals surface area contributed by atoms with E-state index >= 15 is 0 Å². The molecule has 3 fully saturated rings. The zero-order valence-corrected chi connectivity index (χ0v) is 25.3. The zero-order chi connectivity index (χ0) is 33.7. The van der Waals surface area contributed by atoms with Crippen molar-refractivity contribution in [3.63, 3.8) is 0 Å². The Morgan fingerprint density at radius 1 is 1.11 bits per heavy atom. The van der Waals surface area contributed by atoms with Gasteiger partial charge >= 0.3 is 0 Å². The Morgan fingerprint density at radius 2 is 1.78 bits per heavy atom. The van der Waals surface area contributed by atoms with Crippen molar-refractivity contribution >= 4 is 35.1 Å². The van der Waals surface area contributed by atoms with Crippen LogP contribution in [0.4, 0.5) is 32.2 Å². The molecule has 5 rings (SSSR count). The Hall–Kier alpha value is -3.63. The number of aromatic nitrogens is 2. The van der Waals surface area contributed by atoms with Gasteiger partial charge in [-0.3, -0.25) is 9.59 Å². The topological polar surface area (TPSA) is 156 Å². The van der Waals surface area contributed by atoms with Gasteiger partial charge in [0.2, 0.25) is 5.92 Å². The Balaban J connectivity index is 1.41. The Bertz CT molecular complexity index is 1410. The minimum absolute atomic E-state index is 0.0306. The highest BCUT2D eigenvalue weighted by molar-refractivity contribution is 6.65. The van der Waals surface area contributed by atoms with E-state index in [-0.39, 0.29) is 43.2 Å². The first-order chi connectivity index (χ1) is 21.4. The third-order valence-corrected chi connectivity index (χ3v) is 9.32. The van der Waals surface area contributed by atoms with Gasteiger partial charge in [-0.15, -0.1) is 0 Å². The number of rotatable bonds is 7. The van der Waals surface area contributed by atoms with Crippen LogP contribution in [0.2, 0.25) is 0 Å². The summed E-state index contributed by atoms with van der Waals surface area (Å²) in [5.41, 5.74) is -1.81. The first-order valence-electron chi connectivity index (χ1n) is 15.1. The minimum atomic E-state index is -3.12. The number of carbonyl (C=O) groups is 2. The van der Waals surface area contributed by atoms with E-state index in [1.54, 1.807) is 19.1 Å². The molecule has 11 nitrogen and oxygen atoms in total. The van der Waals surface area contributed by atoms with Crippen LogP contribution < -0.4 is 10.6 Å². The van der Waals surface area contributed by atoms with Gasteiger partial charge in [-0.25, -0.2) is 31.3 Å². The van der Waals surface area contributed by atoms with Crippen molar-refractivity contribution in [2.24, 2.45) is 11.1 Å². The van der Waals surface area contributed by atoms with Gasteiger partial charge < -0.3 is 35.9 Å². The lowest BCUT2D eigenvalue weighted by Gasteiger charge is -2.49. The number of nitrogens with zero attached hydrogens (tertiary/aromatic N) is 3. The number of imidazole rings is 1. The maximum atomic E-state index is 14.8. The number of likely N-dealkylation sites (tertiary alicyclic amines) is 1. The number of aromatic amines is 1. The highest BCUT2D eigenvalue weighted by Crippen LogP contribution is 2.44. The number of H-pyrrole nitrogens is 1. The zero-order valence-electron chi connectivity index (χ0n) is 25.3. The molecule has 2 saturated heterocycles. The Kier molecular flexibility index (Phi) is 8.94. The molecule has 4 atom stereocenters. The van der Waals surface area contributed by atoms with Crippen LogP contribution in [0.5, 0.6) is 0 Å². The van der Waals surface area contributed by atoms with Crippen molar-refractivity contribution in [3.8, 4) is 0 Å². The summed E-state index contributed by atoms with van der Waals surface area (Å²) in [6, 6.07) is -2.10. The fourth-order valence-electron chi connectivity index (χ4n) is 6.66. The summed E-state index contributed by atoms with van der Waals surface area (Å²) >= 11 is 0. The van der Waals surface area contributed by atoms with Gasteiger partial charge in [-0.2, -0.15) is 0 Å². The number of hydrogen-bond donors (Lipinski definition) is 5. The molecule has 2 amide bonds. The number of anilines is 1. The lowest BCUT2D eigenvalue weighted by molar-refractivity contribution is -0.178. The molecular formula is C29H37F6N7O4. The highest BCUT2D eigenvalue weighted by atomic mass is 19.3. The molecule has 1 aliphatic carbocycles. The first-order valence-corrected chi connectivity index (χ1v) is 15.1. The fourth-order valence-corrected chi connectivity index (χ4v) is 6.66. The van der Waals surface area contributed by atoms with Crippen molar-refractivity contribution in [2.45, 2.75) is 107 Å². The highest BCUT2D eigenvalue weighted by Gasteiger charge is 2.52. The third-order valence-electron chi connectivity index (χ3n) is 9.32. The smallest absolute Gasteiger partial charge is 0.275 e. The number of carbonyl (C=O) groups excluding carboxylic acids is 2. The number of alkyl halides is 6. The first kappa shape index (κ1) is 33.7. The minimum Gasteiger partial charge on any atom is -0.410 e. The van der Waals surface area contributed by atoms with Gasteiger partial charge in [0, 0.05) is 38.6 Å². The van der Waals surface area contributed by atoms with E-state index in [1.165, 1.54) is 11.8 Å². The van der Waals surface area contributed by atoms with E-state index in [1.807, 2.05) is 0 Å². The quantitative estimate of drug-likeness (QED) is 0.121. The van der Waals surface area contributed by atoms with Gasteiger partial charge in [0.15, 0.2) is 11.5 Å². The van der Waals surface area contributed by atoms with Crippen LogP contribution >= 0.6 is 0 Å². The van der Waals surface area contributed by atoms with Crippen molar-refractivity contribution < 1.29 is 45.9 Å². The Morgan fingerprint density at radius 3 is 2.39 bits per heavy atom. The summed E-state index contributed by atoms with van der Waals surface area (Å²) in [4.78, 5) is 35.3. The molecule has 0 radical (unpaired) electrons. The molecule has 0 bridgehead atoms. The molecule has 3 aliphatic heterocycles. The number of halogens is 6. The van der Waals surface area contributed by atoms with Crippen LogP contribution in [0.1, 0.15) is 82.8 Å². The van der Waals surface area contributed by atoms with E-state index in [9.17, 15) is 41.1 Å². The lowest BCUT2D eigenvalue weighted by Crippen LogP contribution is -2.63. The SMILES string of the molecule is CC(=N)/C(=N\O)C(=O)N[C@H](c1nc2c([nH]1)C=CC(C)([C@@H]1CC(F)(F)CCN1C(=O)[C@H]1CCC(F)(F)CO1)N2)C1CCC(F)(F)CC1. The summed E-state index contributed by atoms with van der Waals surface area (Å²) in [5, 5.41) is 25.6. The Labute approximate surface area is 260 Å². The molecule has 1 aromatic rings. The van der Waals surface area contributed by atoms with Crippen molar-refractivity contribution in [1.29, 1.82) is 5.41 Å². The summed E-state index contributed by atoms with van der Waals surface area (Å²) in [5.74, 6) is -10.8. The standard InChI is InChI=1S/C29H37F6N7O4/c1-15(36)20(41-45)24(43)38-21(16-3-8-27(30,31)9-4-16)23-37-17-5-7-26(2,40-22(17)39-23)19-13-28(32,33)11-12-42(19)25(44)18-6-10-29(34,35)14-46-18/h5,7,16,18-19,21,36,40,45H,3-4,6,8-14H2,1-2H3,(H,37,39)(H,38,43)/b36-15?,41-20+/t18-,19+,21+,26?/m1/s1. The monoisotopic (exact) mass is 661 g/mol. The fraction of sp³-hybridized carbons (Fsp3) is 0.690. The van der Waals surface area contributed by atoms with Crippen LogP contribution in [0.3, 0.4) is 0 Å². The summed E-state index contributed by atoms with van der Waals surface area (Å²) in [6.45, 7) is 1.58. The molecular weight excluding hydrogens is 624 g/mol. The van der Waals surface area contributed by atoms with Gasteiger partial charge in [0.05, 0.1) is 29.0 Å². The van der Waals surface area contributed by atoms with Crippen LogP contribution in [0.25, 0.3) is 6.08 Å². The molecule has 46 heavy (non-hydrogen) atoms. The molecule has 5 N–H and O–H groups in total. The van der Waals surface area contributed by atoms with Crippen LogP contribution in [0.15, 0.2) is 11.2 Å². The van der Waals surface area contributed by atoms with Gasteiger partial charge in [-0.1, -0.05) is 11.2 Å².